The van der Waals surface area contributed by atoms with Crippen LogP contribution < -0.4 is 19.7 Å². The molecule has 4 amide bonds. The molecule has 0 saturated carbocycles. The van der Waals surface area contributed by atoms with Gasteiger partial charge in [0, 0.05) is 5.56 Å². The molecule has 3 aromatic carbocycles. The summed E-state index contributed by atoms with van der Waals surface area (Å²) in [6.45, 7) is 2.49. The normalized spacial score (nSPS) is 14.9. The highest BCUT2D eigenvalue weighted by molar-refractivity contribution is 6.39. The molecule has 33 heavy (non-hydrogen) atoms. The molecular weight excluding hydrogens is 420 g/mol. The molecule has 1 fully saturated rings. The van der Waals surface area contributed by atoms with Gasteiger partial charge in [-0.25, -0.2) is 9.69 Å². The number of hydrogen-bond donors (Lipinski definition) is 1. The molecule has 3 aromatic rings. The van der Waals surface area contributed by atoms with Gasteiger partial charge in [0.2, 0.25) is 0 Å². The van der Waals surface area contributed by atoms with E-state index < -0.39 is 17.8 Å². The van der Waals surface area contributed by atoms with E-state index in [0.29, 0.717) is 23.6 Å². The Kier molecular flexibility index (Phi) is 6.50. The van der Waals surface area contributed by atoms with E-state index in [1.165, 1.54) is 6.08 Å². The summed E-state index contributed by atoms with van der Waals surface area (Å²) in [5, 5.41) is 2.23. The van der Waals surface area contributed by atoms with Crippen LogP contribution in [-0.2, 0) is 9.59 Å². The minimum atomic E-state index is -0.784. The van der Waals surface area contributed by atoms with Crippen molar-refractivity contribution in [2.24, 2.45) is 0 Å². The van der Waals surface area contributed by atoms with Crippen LogP contribution in [0.1, 0.15) is 11.1 Å². The number of para-hydroxylation sites is 2. The third kappa shape index (κ3) is 5.10. The molecule has 1 aliphatic heterocycles. The standard InChI is InChI=1S/C26H22N2O5/c1-18-11-13-20(14-12-18)28-25(30)22(24(29)27-26(28)31)17-19-7-5-6-10-23(19)33-16-15-32-21-8-3-2-4-9-21/h2-14,17H,15-16H2,1H3,(H,27,29,31)/b22-17-. The van der Waals surface area contributed by atoms with E-state index in [9.17, 15) is 14.4 Å². The van der Waals surface area contributed by atoms with Crippen LogP contribution in [0.4, 0.5) is 10.5 Å². The molecule has 0 bridgehead atoms. The number of imide groups is 2. The first-order valence-electron chi connectivity index (χ1n) is 10.4. The molecule has 166 valence electrons. The fraction of sp³-hybridized carbons (Fsp3) is 0.115. The molecule has 1 heterocycles. The first kappa shape index (κ1) is 21.8. The Labute approximate surface area is 191 Å². The summed E-state index contributed by atoms with van der Waals surface area (Å²) in [6.07, 6.45) is 1.43. The second-order valence-corrected chi connectivity index (χ2v) is 7.34. The van der Waals surface area contributed by atoms with E-state index in [1.807, 2.05) is 37.3 Å². The lowest BCUT2D eigenvalue weighted by Crippen LogP contribution is -2.54. The number of rotatable bonds is 7. The predicted octanol–water partition coefficient (Wildman–Crippen LogP) is 4.12. The van der Waals surface area contributed by atoms with Crippen LogP contribution in [0.15, 0.2) is 84.4 Å². The Morgan fingerprint density at radius 2 is 1.48 bits per heavy atom. The topological polar surface area (TPSA) is 84.9 Å². The van der Waals surface area contributed by atoms with Gasteiger partial charge in [0.05, 0.1) is 5.69 Å². The van der Waals surface area contributed by atoms with Crippen molar-refractivity contribution in [3.63, 3.8) is 0 Å². The zero-order valence-electron chi connectivity index (χ0n) is 18.0. The zero-order valence-corrected chi connectivity index (χ0v) is 18.0. The number of benzene rings is 3. The minimum Gasteiger partial charge on any atom is -0.490 e. The SMILES string of the molecule is Cc1ccc(N2C(=O)NC(=O)/C(=C/c3ccccc3OCCOc3ccccc3)C2=O)cc1. The smallest absolute Gasteiger partial charge is 0.335 e. The zero-order chi connectivity index (χ0) is 23.2. The van der Waals surface area contributed by atoms with E-state index in [1.54, 1.807) is 48.5 Å². The summed E-state index contributed by atoms with van der Waals surface area (Å²) >= 11 is 0. The number of anilines is 1. The molecule has 7 heteroatoms. The Hall–Kier alpha value is -4.39. The van der Waals surface area contributed by atoms with Gasteiger partial charge in [-0.05, 0) is 43.3 Å². The lowest BCUT2D eigenvalue weighted by Gasteiger charge is -2.26. The van der Waals surface area contributed by atoms with Gasteiger partial charge in [0.1, 0.15) is 30.3 Å². The summed E-state index contributed by atoms with van der Waals surface area (Å²) in [5.41, 5.74) is 1.74. The Morgan fingerprint density at radius 1 is 0.818 bits per heavy atom. The van der Waals surface area contributed by atoms with Crippen molar-refractivity contribution in [3.05, 3.63) is 95.6 Å². The molecule has 0 aromatic heterocycles. The maximum atomic E-state index is 13.1. The van der Waals surface area contributed by atoms with Crippen molar-refractivity contribution in [1.82, 2.24) is 5.32 Å². The fourth-order valence-electron chi connectivity index (χ4n) is 3.30. The van der Waals surface area contributed by atoms with Crippen molar-refractivity contribution < 1.29 is 23.9 Å². The monoisotopic (exact) mass is 442 g/mol. The van der Waals surface area contributed by atoms with Gasteiger partial charge in [0.25, 0.3) is 11.8 Å². The molecule has 1 N–H and O–H groups in total. The van der Waals surface area contributed by atoms with Gasteiger partial charge in [-0.15, -0.1) is 0 Å². The number of barbiturate groups is 1. The average molecular weight is 442 g/mol. The highest BCUT2D eigenvalue weighted by Gasteiger charge is 2.36. The van der Waals surface area contributed by atoms with Crippen LogP contribution in [-0.4, -0.2) is 31.1 Å². The van der Waals surface area contributed by atoms with Gasteiger partial charge in [-0.1, -0.05) is 54.1 Å². The lowest BCUT2D eigenvalue weighted by molar-refractivity contribution is -0.122. The van der Waals surface area contributed by atoms with Crippen LogP contribution in [0.3, 0.4) is 0 Å². The van der Waals surface area contributed by atoms with Gasteiger partial charge in [-0.2, -0.15) is 0 Å². The largest absolute Gasteiger partial charge is 0.490 e. The predicted molar refractivity (Wildman–Crippen MR) is 124 cm³/mol. The molecule has 0 atom stereocenters. The van der Waals surface area contributed by atoms with Crippen molar-refractivity contribution in [1.29, 1.82) is 0 Å². The quantitative estimate of drug-likeness (QED) is 0.338. The van der Waals surface area contributed by atoms with E-state index in [2.05, 4.69) is 5.32 Å². The number of ether oxygens (including phenoxy) is 2. The number of hydrogen-bond acceptors (Lipinski definition) is 5. The van der Waals surface area contributed by atoms with E-state index in [0.717, 1.165) is 16.2 Å². The number of urea groups is 1. The number of carbonyl (C=O) groups is 3. The summed E-state index contributed by atoms with van der Waals surface area (Å²) in [6, 6.07) is 22.5. The van der Waals surface area contributed by atoms with Crippen LogP contribution in [0.5, 0.6) is 11.5 Å². The van der Waals surface area contributed by atoms with Gasteiger partial charge in [-0.3, -0.25) is 14.9 Å². The van der Waals surface area contributed by atoms with Gasteiger partial charge < -0.3 is 9.47 Å². The number of nitrogens with one attached hydrogen (secondary N) is 1. The fourth-order valence-corrected chi connectivity index (χ4v) is 3.30. The second kappa shape index (κ2) is 9.82. The first-order valence-corrected chi connectivity index (χ1v) is 10.4. The Balaban J connectivity index is 1.52. The van der Waals surface area contributed by atoms with Crippen molar-refractivity contribution >= 4 is 29.6 Å². The molecule has 7 nitrogen and oxygen atoms in total. The molecular formula is C26H22N2O5. The van der Waals surface area contributed by atoms with Crippen molar-refractivity contribution in [2.75, 3.05) is 18.1 Å². The van der Waals surface area contributed by atoms with Crippen LogP contribution >= 0.6 is 0 Å². The maximum Gasteiger partial charge on any atom is 0.335 e. The number of aryl methyl sites for hydroxylation is 1. The van der Waals surface area contributed by atoms with Gasteiger partial charge in [0.15, 0.2) is 0 Å². The van der Waals surface area contributed by atoms with E-state index >= 15 is 0 Å². The third-order valence-electron chi connectivity index (χ3n) is 4.97. The van der Waals surface area contributed by atoms with Gasteiger partial charge >= 0.3 is 6.03 Å². The molecule has 0 unspecified atom stereocenters. The molecule has 0 spiro atoms. The maximum absolute atomic E-state index is 13.1. The van der Waals surface area contributed by atoms with Crippen molar-refractivity contribution in [3.8, 4) is 11.5 Å². The highest BCUT2D eigenvalue weighted by Crippen LogP contribution is 2.25. The van der Waals surface area contributed by atoms with E-state index in [-0.39, 0.29) is 12.2 Å². The second-order valence-electron chi connectivity index (χ2n) is 7.34. The Morgan fingerprint density at radius 3 is 2.24 bits per heavy atom. The number of nitrogens with zero attached hydrogens (tertiary/aromatic N) is 1. The number of carbonyl (C=O) groups excluding carboxylic acids is 3. The lowest BCUT2D eigenvalue weighted by atomic mass is 10.1. The Bertz CT molecular complexity index is 1200. The summed E-state index contributed by atoms with van der Waals surface area (Å²) in [7, 11) is 0. The molecule has 0 radical (unpaired) electrons. The highest BCUT2D eigenvalue weighted by atomic mass is 16.5. The molecule has 0 aliphatic carbocycles. The molecule has 4 rings (SSSR count). The first-order chi connectivity index (χ1) is 16.0. The average Bonchev–Trinajstić information content (AvgIpc) is 2.82. The summed E-state index contributed by atoms with van der Waals surface area (Å²) in [4.78, 5) is 38.9. The van der Waals surface area contributed by atoms with E-state index in [4.69, 9.17) is 9.47 Å². The molecule has 1 saturated heterocycles. The van der Waals surface area contributed by atoms with Crippen LogP contribution in [0.25, 0.3) is 6.08 Å². The minimum absolute atomic E-state index is 0.160. The third-order valence-corrected chi connectivity index (χ3v) is 4.97. The number of amides is 4. The van der Waals surface area contributed by atoms with Crippen LogP contribution in [0, 0.1) is 6.92 Å². The molecule has 1 aliphatic rings. The van der Waals surface area contributed by atoms with Crippen molar-refractivity contribution in [2.45, 2.75) is 6.92 Å². The van der Waals surface area contributed by atoms with Crippen LogP contribution in [0.2, 0.25) is 0 Å². The summed E-state index contributed by atoms with van der Waals surface area (Å²) in [5.74, 6) is -0.228. The summed E-state index contributed by atoms with van der Waals surface area (Å²) < 4.78 is 11.5.